The summed E-state index contributed by atoms with van der Waals surface area (Å²) in [5, 5.41) is 20.4. The fourth-order valence-electron chi connectivity index (χ4n) is 5.26. The quantitative estimate of drug-likeness (QED) is 0.274. The van der Waals surface area contributed by atoms with E-state index >= 15 is 0 Å². The summed E-state index contributed by atoms with van der Waals surface area (Å²) in [6, 6.07) is 10.3. The van der Waals surface area contributed by atoms with Gasteiger partial charge < -0.3 is 15.1 Å². The van der Waals surface area contributed by atoms with Crippen molar-refractivity contribution in [2.45, 2.75) is 31.7 Å². The maximum absolute atomic E-state index is 13.4. The Morgan fingerprint density at radius 2 is 2.00 bits per heavy atom. The topological polar surface area (TPSA) is 94.9 Å². The highest BCUT2D eigenvalue weighted by Crippen LogP contribution is 2.34. The molecule has 0 bridgehead atoms. The van der Waals surface area contributed by atoms with Crippen LogP contribution in [0.15, 0.2) is 48.7 Å². The highest BCUT2D eigenvalue weighted by molar-refractivity contribution is 5.84. The third-order valence-electron chi connectivity index (χ3n) is 7.15. The summed E-state index contributed by atoms with van der Waals surface area (Å²) in [6.07, 6.45) is 3.87. The number of halogens is 2. The molecule has 3 aromatic rings. The number of aliphatic carboxylic acids is 1. The molecule has 9 heteroatoms. The van der Waals surface area contributed by atoms with Gasteiger partial charge in [-0.15, -0.1) is 0 Å². The first-order valence-electron chi connectivity index (χ1n) is 12.6. The van der Waals surface area contributed by atoms with E-state index in [-0.39, 0.29) is 29.9 Å². The normalized spacial score (nSPS) is 18.5. The van der Waals surface area contributed by atoms with Crippen LogP contribution in [0.2, 0.25) is 0 Å². The molecule has 3 N–H and O–H groups in total. The second kappa shape index (κ2) is 12.8. The number of aromatic nitrogens is 1. The van der Waals surface area contributed by atoms with Gasteiger partial charge in [-0.05, 0) is 79.6 Å². The number of fused-ring (bicyclic) bond motifs is 1. The molecule has 200 valence electrons. The zero-order valence-electron chi connectivity index (χ0n) is 21.2. The second-order valence-corrected chi connectivity index (χ2v) is 9.64. The number of benzene rings is 2. The number of piperidine rings is 1. The van der Waals surface area contributed by atoms with E-state index in [9.17, 15) is 23.9 Å². The second-order valence-electron chi connectivity index (χ2n) is 9.64. The molecule has 1 saturated heterocycles. The van der Waals surface area contributed by atoms with Crippen molar-refractivity contribution in [2.75, 3.05) is 26.7 Å². The van der Waals surface area contributed by atoms with Crippen molar-refractivity contribution < 1.29 is 28.6 Å². The van der Waals surface area contributed by atoms with Crippen LogP contribution in [-0.2, 0) is 4.79 Å². The monoisotopic (exact) mass is 523 g/mol. The number of nitrogens with one attached hydrogen (secondary N) is 1. The number of ether oxygens (including phenoxy) is 1. The van der Waals surface area contributed by atoms with Crippen LogP contribution in [0.1, 0.15) is 42.9 Å². The number of rotatable bonds is 9. The SMILES string of the molecule is COc1ccc2nccc([C@H](CC[C@@H]3CCN(CC#Cc4cc(F)cc(F)c4)C[C@@H]3CC(=O)O)NO)c2c1. The molecule has 0 unspecified atom stereocenters. The molecule has 0 spiro atoms. The van der Waals surface area contributed by atoms with Gasteiger partial charge in [-0.2, -0.15) is 5.48 Å². The van der Waals surface area contributed by atoms with E-state index in [2.05, 4.69) is 27.2 Å². The van der Waals surface area contributed by atoms with Crippen LogP contribution in [0.3, 0.4) is 0 Å². The minimum Gasteiger partial charge on any atom is -0.497 e. The van der Waals surface area contributed by atoms with Crippen LogP contribution < -0.4 is 10.2 Å². The van der Waals surface area contributed by atoms with E-state index in [1.54, 1.807) is 13.3 Å². The number of carboxylic acids is 1. The van der Waals surface area contributed by atoms with E-state index in [0.717, 1.165) is 41.9 Å². The van der Waals surface area contributed by atoms with Crippen molar-refractivity contribution >= 4 is 16.9 Å². The molecule has 2 aromatic carbocycles. The Morgan fingerprint density at radius 1 is 1.21 bits per heavy atom. The maximum Gasteiger partial charge on any atom is 0.303 e. The minimum atomic E-state index is -0.854. The first kappa shape index (κ1) is 27.5. The highest BCUT2D eigenvalue weighted by atomic mass is 19.1. The van der Waals surface area contributed by atoms with E-state index in [1.165, 1.54) is 12.1 Å². The number of hydrogen-bond donors (Lipinski definition) is 3. The molecule has 7 nitrogen and oxygen atoms in total. The molecule has 1 aromatic heterocycles. The Kier molecular flexibility index (Phi) is 9.24. The number of likely N-dealkylation sites (tertiary alicyclic amines) is 1. The maximum atomic E-state index is 13.4. The predicted molar refractivity (Wildman–Crippen MR) is 139 cm³/mol. The fourth-order valence-corrected chi connectivity index (χ4v) is 5.26. The minimum absolute atomic E-state index is 0.0380. The first-order valence-corrected chi connectivity index (χ1v) is 12.6. The molecule has 38 heavy (non-hydrogen) atoms. The Labute approximate surface area is 220 Å². The molecule has 3 atom stereocenters. The van der Waals surface area contributed by atoms with E-state index < -0.39 is 17.6 Å². The average molecular weight is 524 g/mol. The van der Waals surface area contributed by atoms with Crippen molar-refractivity contribution in [1.29, 1.82) is 0 Å². The van der Waals surface area contributed by atoms with E-state index in [1.807, 2.05) is 24.3 Å². The molecule has 1 aliphatic heterocycles. The van der Waals surface area contributed by atoms with Crippen LogP contribution in [0.4, 0.5) is 8.78 Å². The van der Waals surface area contributed by atoms with Gasteiger partial charge in [0.2, 0.25) is 0 Å². The summed E-state index contributed by atoms with van der Waals surface area (Å²) in [7, 11) is 1.60. The lowest BCUT2D eigenvalue weighted by atomic mass is 9.79. The zero-order chi connectivity index (χ0) is 27.1. The molecular weight excluding hydrogens is 492 g/mol. The molecule has 0 saturated carbocycles. The fraction of sp³-hybridized carbons (Fsp3) is 0.379. The average Bonchev–Trinajstić information content (AvgIpc) is 2.89. The summed E-state index contributed by atoms with van der Waals surface area (Å²) in [5.41, 5.74) is 4.39. The molecular formula is C29H31F2N3O4. The summed E-state index contributed by atoms with van der Waals surface area (Å²) >= 11 is 0. The smallest absolute Gasteiger partial charge is 0.303 e. The number of carbonyl (C=O) groups is 1. The molecule has 1 fully saturated rings. The number of hydroxylamine groups is 1. The van der Waals surface area contributed by atoms with Crippen LogP contribution in [0, 0.1) is 35.3 Å². The number of hydrogen-bond acceptors (Lipinski definition) is 6. The van der Waals surface area contributed by atoms with E-state index in [0.29, 0.717) is 25.3 Å². The van der Waals surface area contributed by atoms with Crippen molar-refractivity contribution in [3.8, 4) is 17.6 Å². The summed E-state index contributed by atoms with van der Waals surface area (Å²) in [4.78, 5) is 18.1. The van der Waals surface area contributed by atoms with Gasteiger partial charge in [-0.25, -0.2) is 8.78 Å². The summed E-state index contributed by atoms with van der Waals surface area (Å²) in [5.74, 6) is 4.32. The van der Waals surface area contributed by atoms with Crippen molar-refractivity contribution in [3.63, 3.8) is 0 Å². The Hall–Kier alpha value is -3.58. The van der Waals surface area contributed by atoms with Gasteiger partial charge in [0.1, 0.15) is 17.4 Å². The van der Waals surface area contributed by atoms with Crippen molar-refractivity contribution in [1.82, 2.24) is 15.4 Å². The highest BCUT2D eigenvalue weighted by Gasteiger charge is 2.31. The summed E-state index contributed by atoms with van der Waals surface area (Å²) in [6.45, 7) is 1.68. The van der Waals surface area contributed by atoms with Crippen LogP contribution in [0.5, 0.6) is 5.75 Å². The first-order chi connectivity index (χ1) is 18.4. The van der Waals surface area contributed by atoms with Crippen LogP contribution >= 0.6 is 0 Å². The Morgan fingerprint density at radius 3 is 2.71 bits per heavy atom. The van der Waals surface area contributed by atoms with Gasteiger partial charge in [0.15, 0.2) is 0 Å². The van der Waals surface area contributed by atoms with Crippen molar-refractivity contribution in [3.05, 3.63) is 71.4 Å². The Bertz CT molecular complexity index is 1320. The molecule has 1 aliphatic rings. The third-order valence-corrected chi connectivity index (χ3v) is 7.15. The van der Waals surface area contributed by atoms with Gasteiger partial charge >= 0.3 is 5.97 Å². The van der Waals surface area contributed by atoms with Crippen LogP contribution in [0.25, 0.3) is 10.9 Å². The lowest BCUT2D eigenvalue weighted by Gasteiger charge is -2.38. The molecule has 4 rings (SSSR count). The van der Waals surface area contributed by atoms with Crippen LogP contribution in [-0.4, -0.2) is 52.9 Å². The number of pyridine rings is 1. The molecule has 0 radical (unpaired) electrons. The lowest BCUT2D eigenvalue weighted by Crippen LogP contribution is -2.41. The Balaban J connectivity index is 1.42. The number of carboxylic acid groups (broad SMARTS) is 1. The largest absolute Gasteiger partial charge is 0.497 e. The van der Waals surface area contributed by atoms with Gasteiger partial charge in [-0.3, -0.25) is 14.7 Å². The van der Waals surface area contributed by atoms with Gasteiger partial charge in [0.05, 0.1) is 25.2 Å². The lowest BCUT2D eigenvalue weighted by molar-refractivity contribution is -0.139. The number of methoxy groups -OCH3 is 1. The van der Waals surface area contributed by atoms with Gasteiger partial charge in [0, 0.05) is 36.2 Å². The molecule has 2 heterocycles. The predicted octanol–water partition coefficient (Wildman–Crippen LogP) is 4.79. The zero-order valence-corrected chi connectivity index (χ0v) is 21.2. The standard InChI is InChI=1S/C29H31F2N3O4/c1-38-24-5-7-27-26(17-24)25(8-10-32-27)28(33-37)6-4-20-9-12-34(18-21(20)15-29(35)36)11-2-3-19-13-22(30)16-23(31)14-19/h5,7-8,10,13-14,16-17,20-21,28,33,37H,4,6,9,11-12,15,18H2,1H3,(H,35,36)/t20-,21+,28+/m1/s1. The van der Waals surface area contributed by atoms with Crippen molar-refractivity contribution in [2.24, 2.45) is 11.8 Å². The van der Waals surface area contributed by atoms with Gasteiger partial charge in [-0.1, -0.05) is 11.8 Å². The van der Waals surface area contributed by atoms with E-state index in [4.69, 9.17) is 4.74 Å². The molecule has 0 aliphatic carbocycles. The third kappa shape index (κ3) is 7.04. The number of nitrogens with zero attached hydrogens (tertiary/aromatic N) is 2. The van der Waals surface area contributed by atoms with Gasteiger partial charge in [0.25, 0.3) is 0 Å². The summed E-state index contributed by atoms with van der Waals surface area (Å²) < 4.78 is 32.2. The molecule has 0 amide bonds.